The molecule has 3 N–H and O–H groups in total. The molecule has 0 saturated carbocycles. The fourth-order valence-electron chi connectivity index (χ4n) is 2.43. The Kier molecular flexibility index (Phi) is 8.97. The molecule has 0 atom stereocenters. The Morgan fingerprint density at radius 2 is 1.78 bits per heavy atom. The molecule has 0 spiro atoms. The summed E-state index contributed by atoms with van der Waals surface area (Å²) in [5.74, 6) is 0. The Balaban J connectivity index is 2.43. The maximum absolute atomic E-state index is 6.28. The van der Waals surface area contributed by atoms with Gasteiger partial charge in [0.2, 0.25) is 0 Å². The highest BCUT2D eigenvalue weighted by Gasteiger charge is 2.43. The second kappa shape index (κ2) is 10.2. The average molecular weight is 341 g/mol. The van der Waals surface area contributed by atoms with Crippen LogP contribution >= 0.6 is 0 Å². The molecule has 1 aromatic carbocycles. The summed E-state index contributed by atoms with van der Waals surface area (Å²) >= 11 is 0. The Labute approximate surface area is 141 Å². The third-order valence-corrected chi connectivity index (χ3v) is 6.89. The van der Waals surface area contributed by atoms with Crippen LogP contribution in [-0.2, 0) is 19.8 Å². The van der Waals surface area contributed by atoms with Crippen molar-refractivity contribution < 1.29 is 13.3 Å². The van der Waals surface area contributed by atoms with E-state index in [-0.39, 0.29) is 5.60 Å². The third-order valence-electron chi connectivity index (χ3n) is 3.82. The Bertz CT molecular complexity index is 425. The quantitative estimate of drug-likeness (QED) is 0.452. The van der Waals surface area contributed by atoms with Gasteiger partial charge in [0.05, 0.1) is 5.60 Å². The van der Waals surface area contributed by atoms with Crippen molar-refractivity contribution in [1.29, 1.82) is 0 Å². The van der Waals surface area contributed by atoms with Crippen LogP contribution in [0.4, 0.5) is 0 Å². The Morgan fingerprint density at radius 1 is 1.13 bits per heavy atom. The van der Waals surface area contributed by atoms with E-state index in [1.165, 1.54) is 5.56 Å². The van der Waals surface area contributed by atoms with Gasteiger partial charge in [0, 0.05) is 26.8 Å². The first-order valence-electron chi connectivity index (χ1n) is 8.22. The first-order chi connectivity index (χ1) is 11.0. The van der Waals surface area contributed by atoms with Crippen LogP contribution in [0.3, 0.4) is 0 Å². The molecule has 6 heteroatoms. The van der Waals surface area contributed by atoms with Gasteiger partial charge in [0.25, 0.3) is 0 Å². The molecule has 0 bridgehead atoms. The lowest BCUT2D eigenvalue weighted by atomic mass is 10.1. The van der Waals surface area contributed by atoms with Crippen molar-refractivity contribution in [2.24, 2.45) is 5.73 Å². The number of nitrogens with one attached hydrogen (secondary N) is 1. The van der Waals surface area contributed by atoms with Crippen molar-refractivity contribution >= 4 is 8.80 Å². The van der Waals surface area contributed by atoms with E-state index in [9.17, 15) is 0 Å². The molecule has 1 aromatic rings. The molecule has 132 valence electrons. The van der Waals surface area contributed by atoms with Crippen molar-refractivity contribution in [3.63, 3.8) is 0 Å². The summed E-state index contributed by atoms with van der Waals surface area (Å²) in [6.45, 7) is 6.51. The lowest BCUT2D eigenvalue weighted by molar-refractivity contribution is 0.000413. The van der Waals surface area contributed by atoms with Gasteiger partial charge in [-0.15, -0.1) is 0 Å². The van der Waals surface area contributed by atoms with Gasteiger partial charge in [0.15, 0.2) is 0 Å². The van der Waals surface area contributed by atoms with E-state index < -0.39 is 8.80 Å². The number of hydrogen-bond acceptors (Lipinski definition) is 5. The summed E-state index contributed by atoms with van der Waals surface area (Å²) in [5.41, 5.74) is 6.58. The van der Waals surface area contributed by atoms with Gasteiger partial charge in [-0.05, 0) is 45.3 Å². The largest absolute Gasteiger partial charge is 0.500 e. The van der Waals surface area contributed by atoms with Crippen molar-refractivity contribution in [3.8, 4) is 0 Å². The summed E-state index contributed by atoms with van der Waals surface area (Å²) in [7, 11) is 0.694. The van der Waals surface area contributed by atoms with E-state index in [1.807, 2.05) is 6.07 Å². The first kappa shape index (κ1) is 20.3. The van der Waals surface area contributed by atoms with E-state index in [1.54, 1.807) is 14.2 Å². The predicted octanol–water partition coefficient (Wildman–Crippen LogP) is 2.54. The second-order valence-corrected chi connectivity index (χ2v) is 9.14. The molecule has 0 aromatic heterocycles. The maximum Gasteiger partial charge on any atom is 0.500 e. The SMILES string of the molecule is CO[Si](CCCN)(OC)OC(C)(C)CCNCc1ccccc1. The summed E-state index contributed by atoms with van der Waals surface area (Å²) < 4.78 is 17.5. The lowest BCUT2D eigenvalue weighted by Crippen LogP contribution is -2.50. The molecule has 0 aliphatic heterocycles. The third kappa shape index (κ3) is 7.56. The minimum atomic E-state index is -2.63. The summed E-state index contributed by atoms with van der Waals surface area (Å²) in [6, 6.07) is 11.1. The van der Waals surface area contributed by atoms with Crippen LogP contribution in [0.2, 0.25) is 6.04 Å². The van der Waals surface area contributed by atoms with Crippen LogP contribution in [0, 0.1) is 0 Å². The molecule has 0 heterocycles. The van der Waals surface area contributed by atoms with Crippen molar-refractivity contribution in [3.05, 3.63) is 35.9 Å². The number of rotatable bonds is 12. The standard InChI is InChI=1S/C17H32N2O3Si/c1-17(2,22-23(20-3,21-4)14-8-12-18)11-13-19-15-16-9-6-5-7-10-16/h5-7,9-10,19H,8,11-15,18H2,1-4H3. The highest BCUT2D eigenvalue weighted by Crippen LogP contribution is 2.25. The second-order valence-electron chi connectivity index (χ2n) is 6.26. The first-order valence-corrected chi connectivity index (χ1v) is 10.2. The zero-order chi connectivity index (χ0) is 17.2. The Hall–Kier alpha value is -0.763. The Morgan fingerprint density at radius 3 is 2.35 bits per heavy atom. The van der Waals surface area contributed by atoms with Crippen LogP contribution in [-0.4, -0.2) is 41.7 Å². The highest BCUT2D eigenvalue weighted by atomic mass is 28.4. The zero-order valence-corrected chi connectivity index (χ0v) is 15.9. The van der Waals surface area contributed by atoms with E-state index in [0.717, 1.165) is 32.0 Å². The number of benzene rings is 1. The average Bonchev–Trinajstić information content (AvgIpc) is 2.56. The van der Waals surface area contributed by atoms with Gasteiger partial charge in [0.1, 0.15) is 0 Å². The minimum Gasteiger partial charge on any atom is -0.377 e. The smallest absolute Gasteiger partial charge is 0.377 e. The normalized spacial score (nSPS) is 12.6. The molecule has 0 aliphatic rings. The fourth-order valence-corrected chi connectivity index (χ4v) is 4.86. The molecule has 0 amide bonds. The monoisotopic (exact) mass is 340 g/mol. The number of nitrogens with two attached hydrogens (primary N) is 1. The highest BCUT2D eigenvalue weighted by molar-refractivity contribution is 6.60. The molecule has 1 rings (SSSR count). The maximum atomic E-state index is 6.28. The van der Waals surface area contributed by atoms with Crippen molar-refractivity contribution in [2.75, 3.05) is 27.3 Å². The van der Waals surface area contributed by atoms with Gasteiger partial charge in [-0.1, -0.05) is 30.3 Å². The van der Waals surface area contributed by atoms with Crippen LogP contribution < -0.4 is 11.1 Å². The predicted molar refractivity (Wildman–Crippen MR) is 96.2 cm³/mol. The molecule has 0 saturated heterocycles. The van der Waals surface area contributed by atoms with Gasteiger partial charge in [-0.2, -0.15) is 0 Å². The molecule has 0 radical (unpaired) electrons. The van der Waals surface area contributed by atoms with Crippen LogP contribution in [0.5, 0.6) is 0 Å². The van der Waals surface area contributed by atoms with Gasteiger partial charge < -0.3 is 24.3 Å². The van der Waals surface area contributed by atoms with Crippen LogP contribution in [0.1, 0.15) is 32.3 Å². The zero-order valence-electron chi connectivity index (χ0n) is 14.9. The fraction of sp³-hybridized carbons (Fsp3) is 0.647. The van der Waals surface area contributed by atoms with E-state index in [4.69, 9.17) is 19.0 Å². The molecule has 0 unspecified atom stereocenters. The summed E-state index contributed by atoms with van der Waals surface area (Å²) in [4.78, 5) is 0. The molecule has 5 nitrogen and oxygen atoms in total. The van der Waals surface area contributed by atoms with Gasteiger partial charge in [-0.3, -0.25) is 0 Å². The van der Waals surface area contributed by atoms with E-state index in [2.05, 4.69) is 43.4 Å². The van der Waals surface area contributed by atoms with Crippen LogP contribution in [0.25, 0.3) is 0 Å². The molecule has 23 heavy (non-hydrogen) atoms. The molecule has 0 aliphatic carbocycles. The summed E-state index contributed by atoms with van der Waals surface area (Å²) in [6.07, 6.45) is 1.72. The van der Waals surface area contributed by atoms with Crippen molar-refractivity contribution in [2.45, 2.75) is 44.9 Å². The topological polar surface area (TPSA) is 65.7 Å². The summed E-state index contributed by atoms with van der Waals surface area (Å²) in [5, 5.41) is 3.46. The van der Waals surface area contributed by atoms with E-state index in [0.29, 0.717) is 6.54 Å². The van der Waals surface area contributed by atoms with Gasteiger partial charge >= 0.3 is 8.80 Å². The lowest BCUT2D eigenvalue weighted by Gasteiger charge is -2.36. The minimum absolute atomic E-state index is 0.309. The molecule has 0 fully saturated rings. The number of hydrogen-bond donors (Lipinski definition) is 2. The van der Waals surface area contributed by atoms with Gasteiger partial charge in [-0.25, -0.2) is 0 Å². The van der Waals surface area contributed by atoms with Crippen LogP contribution in [0.15, 0.2) is 30.3 Å². The molecular weight excluding hydrogens is 308 g/mol. The molecular formula is C17H32N2O3Si. The van der Waals surface area contributed by atoms with E-state index >= 15 is 0 Å². The van der Waals surface area contributed by atoms with Crippen molar-refractivity contribution in [1.82, 2.24) is 5.32 Å².